The van der Waals surface area contributed by atoms with Gasteiger partial charge in [-0.25, -0.2) is 0 Å². The Bertz CT molecular complexity index is 229. The Morgan fingerprint density at radius 3 is 2.00 bits per heavy atom. The van der Waals surface area contributed by atoms with Gasteiger partial charge < -0.3 is 15.6 Å². The highest BCUT2D eigenvalue weighted by Crippen LogP contribution is 2.13. The van der Waals surface area contributed by atoms with Gasteiger partial charge in [-0.2, -0.15) is 0 Å². The third-order valence-corrected chi connectivity index (χ3v) is 1.45. The second kappa shape index (κ2) is 4.41. The molecule has 0 heterocycles. The zero-order valence-corrected chi connectivity index (χ0v) is 8.90. The molecule has 0 saturated carbocycles. The van der Waals surface area contributed by atoms with Crippen LogP contribution in [0.25, 0.3) is 0 Å². The van der Waals surface area contributed by atoms with Crippen molar-refractivity contribution < 1.29 is 19.4 Å². The van der Waals surface area contributed by atoms with Gasteiger partial charge in [-0.1, -0.05) is 0 Å². The number of esters is 1. The minimum absolute atomic E-state index is 0.695. The molecule has 0 rings (SSSR count). The van der Waals surface area contributed by atoms with Gasteiger partial charge in [0.05, 0.1) is 0 Å². The van der Waals surface area contributed by atoms with E-state index < -0.39 is 29.5 Å². The van der Waals surface area contributed by atoms with Crippen LogP contribution in [0, 0.1) is 5.92 Å². The van der Waals surface area contributed by atoms with Crippen LogP contribution in [-0.4, -0.2) is 28.7 Å². The highest BCUT2D eigenvalue weighted by atomic mass is 16.6. The van der Waals surface area contributed by atoms with Crippen molar-refractivity contribution >= 4 is 11.9 Å². The van der Waals surface area contributed by atoms with Gasteiger partial charge >= 0.3 is 11.9 Å². The Morgan fingerprint density at radius 2 is 1.79 bits per heavy atom. The fourth-order valence-corrected chi connectivity index (χ4v) is 0.906. The number of hydrogen-bond acceptors (Lipinski definition) is 4. The Kier molecular flexibility index (Phi) is 4.07. The van der Waals surface area contributed by atoms with E-state index in [0.29, 0.717) is 0 Å². The molecular weight excluding hydrogens is 186 g/mol. The Labute approximate surface area is 83.2 Å². The van der Waals surface area contributed by atoms with Crippen LogP contribution < -0.4 is 5.73 Å². The monoisotopic (exact) mass is 203 g/mol. The number of hydrogen-bond donors (Lipinski definition) is 2. The highest BCUT2D eigenvalue weighted by Gasteiger charge is 2.33. The molecule has 0 aliphatic rings. The van der Waals surface area contributed by atoms with E-state index in [2.05, 4.69) is 0 Å². The van der Waals surface area contributed by atoms with E-state index in [1.54, 1.807) is 20.8 Å². The molecule has 0 spiro atoms. The number of aliphatic carboxylic acids is 1. The van der Waals surface area contributed by atoms with Gasteiger partial charge in [0, 0.05) is 6.04 Å². The number of nitrogens with two attached hydrogens (primary N) is 1. The predicted octanol–water partition coefficient (Wildman–Crippen LogP) is 0.376. The van der Waals surface area contributed by atoms with Crippen LogP contribution in [0.4, 0.5) is 0 Å². The quantitative estimate of drug-likeness (QED) is 0.511. The minimum Gasteiger partial charge on any atom is -0.481 e. The summed E-state index contributed by atoms with van der Waals surface area (Å²) in [6.07, 6.45) is 0. The lowest BCUT2D eigenvalue weighted by atomic mass is 10.0. The summed E-state index contributed by atoms with van der Waals surface area (Å²) >= 11 is 0. The molecule has 14 heavy (non-hydrogen) atoms. The first-order valence-corrected chi connectivity index (χ1v) is 4.36. The summed E-state index contributed by atoms with van der Waals surface area (Å²) in [4.78, 5) is 22.0. The highest BCUT2D eigenvalue weighted by molar-refractivity contribution is 5.94. The van der Waals surface area contributed by atoms with Crippen molar-refractivity contribution in [3.05, 3.63) is 0 Å². The number of rotatable bonds is 3. The topological polar surface area (TPSA) is 89.6 Å². The SMILES string of the molecule is CC(N)C(C(=O)O)C(=O)OC(C)(C)C. The summed E-state index contributed by atoms with van der Waals surface area (Å²) in [5, 5.41) is 8.73. The van der Waals surface area contributed by atoms with Gasteiger partial charge in [-0.3, -0.25) is 9.59 Å². The minimum atomic E-state index is -1.30. The van der Waals surface area contributed by atoms with Gasteiger partial charge in [0.2, 0.25) is 0 Å². The lowest BCUT2D eigenvalue weighted by molar-refractivity contribution is -0.167. The molecule has 0 amide bonds. The Hall–Kier alpha value is -1.10. The van der Waals surface area contributed by atoms with E-state index in [9.17, 15) is 9.59 Å². The molecule has 2 unspecified atom stereocenters. The number of carbonyl (C=O) groups is 2. The van der Waals surface area contributed by atoms with Crippen molar-refractivity contribution in [2.45, 2.75) is 39.3 Å². The van der Waals surface area contributed by atoms with Crippen molar-refractivity contribution in [3.63, 3.8) is 0 Å². The summed E-state index contributed by atoms with van der Waals surface area (Å²) in [5.74, 6) is -3.34. The second-order valence-corrected chi connectivity index (χ2v) is 4.21. The molecule has 2 atom stereocenters. The zero-order valence-electron chi connectivity index (χ0n) is 8.90. The Morgan fingerprint density at radius 1 is 1.36 bits per heavy atom. The lowest BCUT2D eigenvalue weighted by Gasteiger charge is -2.23. The van der Waals surface area contributed by atoms with Crippen LogP contribution in [0.5, 0.6) is 0 Å². The molecule has 0 aliphatic heterocycles. The van der Waals surface area contributed by atoms with Crippen LogP contribution in [0.3, 0.4) is 0 Å². The molecule has 0 fully saturated rings. The third-order valence-electron chi connectivity index (χ3n) is 1.45. The lowest BCUT2D eigenvalue weighted by Crippen LogP contribution is -2.42. The largest absolute Gasteiger partial charge is 0.481 e. The normalized spacial score (nSPS) is 15.8. The molecule has 0 aromatic rings. The number of ether oxygens (including phenoxy) is 1. The summed E-state index contributed by atoms with van der Waals surface area (Å²) in [7, 11) is 0. The first kappa shape index (κ1) is 12.9. The molecule has 3 N–H and O–H groups in total. The van der Waals surface area contributed by atoms with E-state index in [0.717, 1.165) is 0 Å². The van der Waals surface area contributed by atoms with Crippen molar-refractivity contribution in [1.82, 2.24) is 0 Å². The maximum absolute atomic E-state index is 11.4. The molecule has 0 saturated heterocycles. The predicted molar refractivity (Wildman–Crippen MR) is 50.6 cm³/mol. The van der Waals surface area contributed by atoms with Crippen molar-refractivity contribution in [1.29, 1.82) is 0 Å². The van der Waals surface area contributed by atoms with E-state index in [4.69, 9.17) is 15.6 Å². The third kappa shape index (κ3) is 4.23. The Balaban J connectivity index is 4.55. The van der Waals surface area contributed by atoms with E-state index in [1.807, 2.05) is 0 Å². The van der Waals surface area contributed by atoms with Crippen LogP contribution in [0.1, 0.15) is 27.7 Å². The van der Waals surface area contributed by atoms with Crippen molar-refractivity contribution in [3.8, 4) is 0 Å². The summed E-state index contributed by atoms with van der Waals surface area (Å²) in [5.41, 5.74) is 4.68. The molecule has 0 aromatic carbocycles. The van der Waals surface area contributed by atoms with Gasteiger partial charge in [-0.15, -0.1) is 0 Å². The van der Waals surface area contributed by atoms with Crippen molar-refractivity contribution in [2.75, 3.05) is 0 Å². The van der Waals surface area contributed by atoms with Gasteiger partial charge in [0.1, 0.15) is 5.60 Å². The smallest absolute Gasteiger partial charge is 0.322 e. The maximum atomic E-state index is 11.4. The van der Waals surface area contributed by atoms with Crippen molar-refractivity contribution in [2.24, 2.45) is 11.7 Å². The fourth-order valence-electron chi connectivity index (χ4n) is 0.906. The second-order valence-electron chi connectivity index (χ2n) is 4.21. The van der Waals surface area contributed by atoms with E-state index >= 15 is 0 Å². The standard InChI is InChI=1S/C9H17NO4/c1-5(10)6(7(11)12)8(13)14-9(2,3)4/h5-6H,10H2,1-4H3,(H,11,12). The molecule has 82 valence electrons. The van der Waals surface area contributed by atoms with Crippen LogP contribution >= 0.6 is 0 Å². The van der Waals surface area contributed by atoms with Gasteiger partial charge in [-0.05, 0) is 27.7 Å². The van der Waals surface area contributed by atoms with Gasteiger partial charge in [0.25, 0.3) is 0 Å². The van der Waals surface area contributed by atoms with E-state index in [1.165, 1.54) is 6.92 Å². The zero-order chi connectivity index (χ0) is 11.5. The molecule has 0 aliphatic carbocycles. The summed E-state index contributed by atoms with van der Waals surface area (Å²) in [6.45, 7) is 6.48. The number of carbonyl (C=O) groups excluding carboxylic acids is 1. The molecule has 5 heteroatoms. The van der Waals surface area contributed by atoms with E-state index in [-0.39, 0.29) is 0 Å². The maximum Gasteiger partial charge on any atom is 0.322 e. The fraction of sp³-hybridized carbons (Fsp3) is 0.778. The summed E-state index contributed by atoms with van der Waals surface area (Å²) < 4.78 is 4.92. The molecular formula is C9H17NO4. The number of carboxylic acid groups (broad SMARTS) is 1. The number of carboxylic acids is 1. The van der Waals surface area contributed by atoms with Gasteiger partial charge in [0.15, 0.2) is 5.92 Å². The molecule has 5 nitrogen and oxygen atoms in total. The average Bonchev–Trinajstić information content (AvgIpc) is 1.78. The van der Waals surface area contributed by atoms with Crippen LogP contribution in [-0.2, 0) is 14.3 Å². The molecule has 0 radical (unpaired) electrons. The molecule has 0 aromatic heterocycles. The van der Waals surface area contributed by atoms with Crippen LogP contribution in [0.15, 0.2) is 0 Å². The van der Waals surface area contributed by atoms with Crippen LogP contribution in [0.2, 0.25) is 0 Å². The summed E-state index contributed by atoms with van der Waals surface area (Å²) in [6, 6.07) is -0.762. The first-order valence-electron chi connectivity index (χ1n) is 4.36. The molecule has 0 bridgehead atoms. The average molecular weight is 203 g/mol. The first-order chi connectivity index (χ1) is 6.15.